The van der Waals surface area contributed by atoms with Crippen LogP contribution in [0.15, 0.2) is 28.1 Å². The minimum Gasteiger partial charge on any atom is -0.486 e. The van der Waals surface area contributed by atoms with Gasteiger partial charge >= 0.3 is 0 Å². The molecule has 4 heteroatoms. The van der Waals surface area contributed by atoms with Gasteiger partial charge in [0.05, 0.1) is 0 Å². The Labute approximate surface area is 107 Å². The number of aromatic nitrogens is 1. The van der Waals surface area contributed by atoms with E-state index in [9.17, 15) is 0 Å². The van der Waals surface area contributed by atoms with Crippen molar-refractivity contribution in [2.45, 2.75) is 20.5 Å². The third-order valence-electron chi connectivity index (χ3n) is 2.15. The van der Waals surface area contributed by atoms with E-state index in [1.165, 1.54) is 0 Å². The van der Waals surface area contributed by atoms with Crippen LogP contribution in [0.2, 0.25) is 0 Å². The van der Waals surface area contributed by atoms with Crippen molar-refractivity contribution in [1.29, 1.82) is 0 Å². The van der Waals surface area contributed by atoms with Crippen molar-refractivity contribution in [1.82, 2.24) is 4.98 Å². The van der Waals surface area contributed by atoms with E-state index in [-0.39, 0.29) is 0 Å². The van der Waals surface area contributed by atoms with E-state index < -0.39 is 0 Å². The van der Waals surface area contributed by atoms with Gasteiger partial charge in [0.1, 0.15) is 17.4 Å². The fourth-order valence-electron chi connectivity index (χ4n) is 1.38. The quantitative estimate of drug-likeness (QED) is 0.851. The summed E-state index contributed by atoms with van der Waals surface area (Å²) in [4.78, 5) is 4.36. The Kier molecular flexibility index (Phi) is 3.61. The van der Waals surface area contributed by atoms with Crippen LogP contribution in [-0.4, -0.2) is 4.98 Å². The molecule has 1 aromatic heterocycles. The van der Waals surface area contributed by atoms with Crippen molar-refractivity contribution in [3.05, 3.63) is 44.3 Å². The molecule has 0 aliphatic carbocycles. The van der Waals surface area contributed by atoms with Crippen molar-refractivity contribution < 1.29 is 4.74 Å². The lowest BCUT2D eigenvalue weighted by Gasteiger charge is -2.07. The Morgan fingerprint density at radius 1 is 1.38 bits per heavy atom. The normalized spacial score (nSPS) is 10.4. The molecular weight excluding hydrogens is 286 g/mol. The SMILES string of the molecule is Cc1csc(COc2ccc(Br)cc2C)n1. The second-order valence-electron chi connectivity index (χ2n) is 3.58. The van der Waals surface area contributed by atoms with Gasteiger partial charge in [-0.3, -0.25) is 0 Å². The monoisotopic (exact) mass is 297 g/mol. The van der Waals surface area contributed by atoms with E-state index in [2.05, 4.69) is 20.9 Å². The molecule has 1 heterocycles. The first-order valence-corrected chi connectivity index (χ1v) is 6.62. The van der Waals surface area contributed by atoms with Crippen LogP contribution in [0.3, 0.4) is 0 Å². The highest BCUT2D eigenvalue weighted by Gasteiger charge is 2.03. The van der Waals surface area contributed by atoms with Crippen molar-refractivity contribution in [3.8, 4) is 5.75 Å². The molecule has 0 spiro atoms. The van der Waals surface area contributed by atoms with Crippen LogP contribution in [0.1, 0.15) is 16.3 Å². The Morgan fingerprint density at radius 2 is 2.19 bits per heavy atom. The summed E-state index contributed by atoms with van der Waals surface area (Å²) in [6, 6.07) is 6.00. The molecule has 2 aromatic rings. The summed E-state index contributed by atoms with van der Waals surface area (Å²) in [7, 11) is 0. The zero-order valence-corrected chi connectivity index (χ0v) is 11.6. The molecule has 2 nitrogen and oxygen atoms in total. The fraction of sp³-hybridized carbons (Fsp3) is 0.250. The summed E-state index contributed by atoms with van der Waals surface area (Å²) in [5.41, 5.74) is 2.18. The van der Waals surface area contributed by atoms with E-state index in [1.807, 2.05) is 37.4 Å². The minimum absolute atomic E-state index is 0.543. The number of rotatable bonds is 3. The highest BCUT2D eigenvalue weighted by Crippen LogP contribution is 2.23. The Balaban J connectivity index is 2.04. The van der Waals surface area contributed by atoms with Crippen molar-refractivity contribution >= 4 is 27.3 Å². The van der Waals surface area contributed by atoms with Crippen LogP contribution in [0, 0.1) is 13.8 Å². The Morgan fingerprint density at radius 3 is 2.81 bits per heavy atom. The molecule has 0 bridgehead atoms. The maximum absolute atomic E-state index is 5.72. The average Bonchev–Trinajstić information content (AvgIpc) is 2.63. The van der Waals surface area contributed by atoms with Crippen LogP contribution in [0.5, 0.6) is 5.75 Å². The predicted octanol–water partition coefficient (Wildman–Crippen LogP) is 4.10. The third-order valence-corrected chi connectivity index (χ3v) is 3.59. The molecule has 16 heavy (non-hydrogen) atoms. The lowest BCUT2D eigenvalue weighted by molar-refractivity contribution is 0.303. The average molecular weight is 298 g/mol. The lowest BCUT2D eigenvalue weighted by Crippen LogP contribution is -1.96. The number of halogens is 1. The molecule has 0 aliphatic heterocycles. The molecule has 0 saturated heterocycles. The maximum Gasteiger partial charge on any atom is 0.140 e. The second-order valence-corrected chi connectivity index (χ2v) is 5.44. The summed E-state index contributed by atoms with van der Waals surface area (Å²) < 4.78 is 6.79. The molecule has 0 unspecified atom stereocenters. The highest BCUT2D eigenvalue weighted by molar-refractivity contribution is 9.10. The van der Waals surface area contributed by atoms with Gasteiger partial charge in [-0.05, 0) is 37.6 Å². The highest BCUT2D eigenvalue weighted by atomic mass is 79.9. The predicted molar refractivity (Wildman–Crippen MR) is 70.1 cm³/mol. The van der Waals surface area contributed by atoms with Crippen molar-refractivity contribution in [2.24, 2.45) is 0 Å². The summed E-state index contributed by atoms with van der Waals surface area (Å²) in [5.74, 6) is 0.913. The van der Waals surface area contributed by atoms with E-state index in [1.54, 1.807) is 11.3 Å². The lowest BCUT2D eigenvalue weighted by atomic mass is 10.2. The molecule has 0 radical (unpaired) electrons. The number of benzene rings is 1. The van der Waals surface area contributed by atoms with Crippen LogP contribution in [-0.2, 0) is 6.61 Å². The smallest absolute Gasteiger partial charge is 0.140 e. The molecule has 0 N–H and O–H groups in total. The van der Waals surface area contributed by atoms with Gasteiger partial charge in [-0.15, -0.1) is 11.3 Å². The standard InChI is InChI=1S/C12H12BrNOS/c1-8-5-10(13)3-4-11(8)15-6-12-14-9(2)7-16-12/h3-5,7H,6H2,1-2H3. The van der Waals surface area contributed by atoms with Gasteiger partial charge in [-0.25, -0.2) is 4.98 Å². The van der Waals surface area contributed by atoms with Crippen molar-refractivity contribution in [2.75, 3.05) is 0 Å². The summed E-state index contributed by atoms with van der Waals surface area (Å²) in [6.45, 7) is 4.57. The number of nitrogens with zero attached hydrogens (tertiary/aromatic N) is 1. The number of hydrogen-bond acceptors (Lipinski definition) is 3. The Hall–Kier alpha value is -0.870. The molecule has 0 atom stereocenters. The zero-order chi connectivity index (χ0) is 11.5. The Bertz CT molecular complexity index is 496. The summed E-state index contributed by atoms with van der Waals surface area (Å²) in [5, 5.41) is 3.05. The molecule has 84 valence electrons. The van der Waals surface area contributed by atoms with Crippen LogP contribution < -0.4 is 4.74 Å². The van der Waals surface area contributed by atoms with Gasteiger partial charge < -0.3 is 4.74 Å². The molecule has 0 amide bonds. The number of ether oxygens (including phenoxy) is 1. The topological polar surface area (TPSA) is 22.1 Å². The van der Waals surface area contributed by atoms with Gasteiger partial charge in [0.2, 0.25) is 0 Å². The van der Waals surface area contributed by atoms with Gasteiger partial charge in [0.25, 0.3) is 0 Å². The van der Waals surface area contributed by atoms with Gasteiger partial charge in [0, 0.05) is 15.5 Å². The summed E-state index contributed by atoms with van der Waals surface area (Å²) in [6.07, 6.45) is 0. The first-order valence-electron chi connectivity index (χ1n) is 4.95. The first kappa shape index (κ1) is 11.6. The van der Waals surface area contributed by atoms with Crippen molar-refractivity contribution in [3.63, 3.8) is 0 Å². The molecule has 0 saturated carbocycles. The van der Waals surface area contributed by atoms with Crippen LogP contribution >= 0.6 is 27.3 Å². The zero-order valence-electron chi connectivity index (χ0n) is 9.16. The molecule has 2 rings (SSSR count). The van der Waals surface area contributed by atoms with E-state index >= 15 is 0 Å². The van der Waals surface area contributed by atoms with E-state index in [0.717, 1.165) is 26.5 Å². The van der Waals surface area contributed by atoms with Crippen LogP contribution in [0.4, 0.5) is 0 Å². The molecular formula is C12H12BrNOS. The number of aryl methyl sites for hydroxylation is 2. The maximum atomic E-state index is 5.72. The van der Waals surface area contributed by atoms with Crippen LogP contribution in [0.25, 0.3) is 0 Å². The fourth-order valence-corrected chi connectivity index (χ4v) is 2.54. The number of thiazole rings is 1. The molecule has 1 aromatic carbocycles. The minimum atomic E-state index is 0.543. The first-order chi connectivity index (χ1) is 7.65. The molecule has 0 fully saturated rings. The van der Waals surface area contributed by atoms with Gasteiger partial charge in [-0.1, -0.05) is 15.9 Å². The van der Waals surface area contributed by atoms with Gasteiger partial charge in [-0.2, -0.15) is 0 Å². The second kappa shape index (κ2) is 4.97. The van der Waals surface area contributed by atoms with E-state index in [4.69, 9.17) is 4.74 Å². The van der Waals surface area contributed by atoms with Gasteiger partial charge in [0.15, 0.2) is 0 Å². The van der Waals surface area contributed by atoms with E-state index in [0.29, 0.717) is 6.61 Å². The largest absolute Gasteiger partial charge is 0.486 e. The number of hydrogen-bond donors (Lipinski definition) is 0. The third kappa shape index (κ3) is 2.83. The molecule has 0 aliphatic rings. The summed E-state index contributed by atoms with van der Waals surface area (Å²) >= 11 is 5.06.